The van der Waals surface area contributed by atoms with Gasteiger partial charge in [0.25, 0.3) is 0 Å². The molecule has 33 heavy (non-hydrogen) atoms. The lowest BCUT2D eigenvalue weighted by molar-refractivity contribution is -0.185. The minimum absolute atomic E-state index is 0.0738. The summed E-state index contributed by atoms with van der Waals surface area (Å²) >= 11 is 0. The Morgan fingerprint density at radius 2 is 1.30 bits per heavy atom. The average molecular weight is 456 g/mol. The van der Waals surface area contributed by atoms with Gasteiger partial charge < -0.3 is 18.9 Å². The van der Waals surface area contributed by atoms with E-state index >= 15 is 0 Å². The highest BCUT2D eigenvalue weighted by Crippen LogP contribution is 2.26. The van der Waals surface area contributed by atoms with E-state index in [1.165, 1.54) is 0 Å². The second-order valence-electron chi connectivity index (χ2n) is 7.06. The third-order valence-corrected chi connectivity index (χ3v) is 4.52. The second-order valence-corrected chi connectivity index (χ2v) is 7.06. The molecule has 9 heteroatoms. The maximum Gasteiger partial charge on any atom is 0.420 e. The molecule has 0 fully saturated rings. The molecule has 0 amide bonds. The van der Waals surface area contributed by atoms with E-state index in [-0.39, 0.29) is 18.6 Å². The zero-order valence-electron chi connectivity index (χ0n) is 18.3. The van der Waals surface area contributed by atoms with Crippen LogP contribution in [0.1, 0.15) is 47.2 Å². The monoisotopic (exact) mass is 456 g/mol. The normalized spacial score (nSPS) is 11.1. The quantitative estimate of drug-likeness (QED) is 0.230. The number of carbonyl (C=O) groups excluding carboxylic acids is 5. The number of hydrogen-bond acceptors (Lipinski definition) is 9. The molecule has 0 spiro atoms. The van der Waals surface area contributed by atoms with Crippen molar-refractivity contribution in [3.05, 3.63) is 71.3 Å². The first-order valence-corrected chi connectivity index (χ1v) is 10.0. The summed E-state index contributed by atoms with van der Waals surface area (Å²) in [6.45, 7) is 1.47. The molecule has 9 nitrogen and oxygen atoms in total. The van der Waals surface area contributed by atoms with Crippen LogP contribution in [0, 0.1) is 6.92 Å². The summed E-state index contributed by atoms with van der Waals surface area (Å²) in [5.74, 6) is -4.82. The minimum atomic E-state index is -1.41. The van der Waals surface area contributed by atoms with E-state index in [1.807, 2.05) is 25.1 Å². The van der Waals surface area contributed by atoms with Crippen LogP contribution in [0.3, 0.4) is 0 Å². The van der Waals surface area contributed by atoms with E-state index < -0.39 is 43.4 Å². The first-order chi connectivity index (χ1) is 15.8. The molecule has 0 bridgehead atoms. The lowest BCUT2D eigenvalue weighted by atomic mass is 9.89. The van der Waals surface area contributed by atoms with Crippen molar-refractivity contribution in [2.75, 3.05) is 13.6 Å². The van der Waals surface area contributed by atoms with E-state index in [9.17, 15) is 24.0 Å². The van der Waals surface area contributed by atoms with Gasteiger partial charge in [0.15, 0.2) is 5.78 Å². The number of ether oxygens (including phenoxy) is 4. The van der Waals surface area contributed by atoms with Crippen molar-refractivity contribution < 1.29 is 42.9 Å². The molecule has 0 saturated carbocycles. The molecule has 0 saturated heterocycles. The number of rotatable bonds is 10. The van der Waals surface area contributed by atoms with Gasteiger partial charge in [-0.1, -0.05) is 60.2 Å². The Bertz CT molecular complexity index is 981. The van der Waals surface area contributed by atoms with E-state index in [0.29, 0.717) is 5.56 Å². The molecule has 1 unspecified atom stereocenters. The molecule has 2 rings (SSSR count). The minimum Gasteiger partial charge on any atom is -0.428 e. The van der Waals surface area contributed by atoms with Crippen molar-refractivity contribution >= 4 is 29.7 Å². The average Bonchev–Trinajstić information content (AvgIpc) is 2.79. The lowest BCUT2D eigenvalue weighted by Gasteiger charge is -2.16. The fourth-order valence-corrected chi connectivity index (χ4v) is 2.81. The number of hydrogen-bond donors (Lipinski definition) is 0. The van der Waals surface area contributed by atoms with Gasteiger partial charge in [0.1, 0.15) is 0 Å². The fraction of sp³-hybridized carbons (Fsp3) is 0.292. The van der Waals surface area contributed by atoms with Gasteiger partial charge in [-0.05, 0) is 12.5 Å². The summed E-state index contributed by atoms with van der Waals surface area (Å²) in [6, 6.07) is 16.2. The van der Waals surface area contributed by atoms with Gasteiger partial charge in [0, 0.05) is 24.8 Å². The summed E-state index contributed by atoms with van der Waals surface area (Å²) < 4.78 is 18.1. The van der Waals surface area contributed by atoms with Crippen LogP contribution in [-0.4, -0.2) is 43.2 Å². The maximum atomic E-state index is 12.7. The second kappa shape index (κ2) is 12.7. The SMILES string of the molecule is CC(=O)OCOC(=O)C(=O)OCOC(=O)CC(CC(=O)c1ccc(C)cc1)c1ccccc1. The molecular weight excluding hydrogens is 432 g/mol. The Morgan fingerprint density at radius 3 is 1.88 bits per heavy atom. The standard InChI is InChI=1S/C24H24O9/c1-16-8-10-19(11-9-16)21(26)12-20(18-6-4-3-5-7-18)13-22(27)31-15-33-24(29)23(28)32-14-30-17(2)25/h3-11,20H,12-15H2,1-2H3. The molecule has 0 aliphatic rings. The molecule has 0 heterocycles. The highest BCUT2D eigenvalue weighted by Gasteiger charge is 2.23. The van der Waals surface area contributed by atoms with Crippen molar-refractivity contribution in [3.8, 4) is 0 Å². The van der Waals surface area contributed by atoms with Crippen LogP contribution in [-0.2, 0) is 38.1 Å². The van der Waals surface area contributed by atoms with E-state index in [4.69, 9.17) is 4.74 Å². The number of benzene rings is 2. The number of aryl methyl sites for hydroxylation is 1. The molecule has 0 aliphatic carbocycles. The number of esters is 4. The van der Waals surface area contributed by atoms with Crippen molar-refractivity contribution in [1.82, 2.24) is 0 Å². The molecule has 2 aromatic carbocycles. The molecular formula is C24H24O9. The highest BCUT2D eigenvalue weighted by atomic mass is 16.7. The Hall–Kier alpha value is -4.01. The van der Waals surface area contributed by atoms with Gasteiger partial charge in [-0.3, -0.25) is 14.4 Å². The van der Waals surface area contributed by atoms with Crippen molar-refractivity contribution in [2.24, 2.45) is 0 Å². The number of Topliss-reactive ketones (excluding diaryl/α,β-unsaturated/α-hetero) is 1. The van der Waals surface area contributed by atoms with Gasteiger partial charge in [0.2, 0.25) is 13.6 Å². The predicted octanol–water partition coefficient (Wildman–Crippen LogP) is 2.85. The van der Waals surface area contributed by atoms with Crippen LogP contribution in [0.15, 0.2) is 54.6 Å². The van der Waals surface area contributed by atoms with Crippen LogP contribution in [0.25, 0.3) is 0 Å². The topological polar surface area (TPSA) is 122 Å². The highest BCUT2D eigenvalue weighted by molar-refractivity contribution is 6.29. The summed E-state index contributed by atoms with van der Waals surface area (Å²) in [6.07, 6.45) is -0.0689. The molecule has 0 radical (unpaired) electrons. The van der Waals surface area contributed by atoms with Gasteiger partial charge >= 0.3 is 23.9 Å². The smallest absolute Gasteiger partial charge is 0.420 e. The Balaban J connectivity index is 1.89. The van der Waals surface area contributed by atoms with Gasteiger partial charge in [-0.2, -0.15) is 0 Å². The number of carbonyl (C=O) groups is 5. The summed E-state index contributed by atoms with van der Waals surface area (Å²) in [7, 11) is 0. The van der Waals surface area contributed by atoms with Gasteiger partial charge in [0.05, 0.1) is 6.42 Å². The van der Waals surface area contributed by atoms with Crippen LogP contribution >= 0.6 is 0 Å². The van der Waals surface area contributed by atoms with Gasteiger partial charge in [-0.25, -0.2) is 9.59 Å². The maximum absolute atomic E-state index is 12.7. The Kier molecular flexibility index (Phi) is 9.76. The molecule has 1 atom stereocenters. The zero-order valence-corrected chi connectivity index (χ0v) is 18.3. The summed E-state index contributed by atoms with van der Waals surface area (Å²) in [4.78, 5) is 58.5. The largest absolute Gasteiger partial charge is 0.428 e. The number of ketones is 1. The molecule has 0 aromatic heterocycles. The Labute approximate surface area is 190 Å². The molecule has 0 N–H and O–H groups in total. The Morgan fingerprint density at radius 1 is 0.727 bits per heavy atom. The zero-order chi connectivity index (χ0) is 24.2. The third kappa shape index (κ3) is 8.94. The first kappa shape index (κ1) is 25.3. The van der Waals surface area contributed by atoms with E-state index in [1.54, 1.807) is 36.4 Å². The van der Waals surface area contributed by atoms with Crippen LogP contribution < -0.4 is 0 Å². The van der Waals surface area contributed by atoms with Crippen LogP contribution in [0.4, 0.5) is 0 Å². The summed E-state index contributed by atoms with van der Waals surface area (Å²) in [5.41, 5.74) is 2.34. The first-order valence-electron chi connectivity index (χ1n) is 10.0. The lowest BCUT2D eigenvalue weighted by Crippen LogP contribution is -2.24. The predicted molar refractivity (Wildman–Crippen MR) is 114 cm³/mol. The molecule has 174 valence electrons. The molecule has 2 aromatic rings. The van der Waals surface area contributed by atoms with Crippen molar-refractivity contribution in [1.29, 1.82) is 0 Å². The van der Waals surface area contributed by atoms with Crippen molar-refractivity contribution in [2.45, 2.75) is 32.6 Å². The third-order valence-electron chi connectivity index (χ3n) is 4.52. The fourth-order valence-electron chi connectivity index (χ4n) is 2.81. The van der Waals surface area contributed by atoms with E-state index in [0.717, 1.165) is 18.1 Å². The van der Waals surface area contributed by atoms with Crippen molar-refractivity contribution in [3.63, 3.8) is 0 Å². The van der Waals surface area contributed by atoms with E-state index in [2.05, 4.69) is 14.2 Å². The van der Waals surface area contributed by atoms with Gasteiger partial charge in [-0.15, -0.1) is 0 Å². The van der Waals surface area contributed by atoms with Crippen LogP contribution in [0.5, 0.6) is 0 Å². The summed E-state index contributed by atoms with van der Waals surface area (Å²) in [5, 5.41) is 0. The van der Waals surface area contributed by atoms with Crippen LogP contribution in [0.2, 0.25) is 0 Å². The molecule has 0 aliphatic heterocycles.